The zero-order chi connectivity index (χ0) is 14.5. The van der Waals surface area contributed by atoms with Crippen molar-refractivity contribution in [3.05, 3.63) is 30.1 Å². The molecule has 4 nitrogen and oxygen atoms in total. The van der Waals surface area contributed by atoms with Crippen LogP contribution < -0.4 is 10.2 Å². The average molecular weight is 280 g/mol. The Morgan fingerprint density at radius 1 is 1.50 bits per heavy atom. The lowest BCUT2D eigenvalue weighted by atomic mass is 9.99. The molecule has 2 rings (SSSR count). The molecule has 2 N–H and O–H groups in total. The third-order valence-electron chi connectivity index (χ3n) is 3.80. The summed E-state index contributed by atoms with van der Waals surface area (Å²) in [6.45, 7) is 4.30. The van der Waals surface area contributed by atoms with E-state index in [1.807, 2.05) is 6.92 Å². The predicted molar refractivity (Wildman–Crippen MR) is 76.4 cm³/mol. The minimum atomic E-state index is -0.785. The minimum absolute atomic E-state index is 0.234. The van der Waals surface area contributed by atoms with Crippen molar-refractivity contribution < 1.29 is 14.3 Å². The Morgan fingerprint density at radius 3 is 2.80 bits per heavy atom. The summed E-state index contributed by atoms with van der Waals surface area (Å²) in [5.74, 6) is -0.658. The molecule has 1 aromatic carbocycles. The van der Waals surface area contributed by atoms with Crippen molar-refractivity contribution in [2.75, 3.05) is 24.5 Å². The van der Waals surface area contributed by atoms with Crippen molar-refractivity contribution in [2.24, 2.45) is 5.92 Å². The van der Waals surface area contributed by atoms with Crippen molar-refractivity contribution in [1.82, 2.24) is 5.32 Å². The van der Waals surface area contributed by atoms with Gasteiger partial charge in [-0.1, -0.05) is 6.92 Å². The number of nitrogens with zero attached hydrogens (tertiary/aromatic N) is 1. The molecule has 0 bridgehead atoms. The highest BCUT2D eigenvalue weighted by molar-refractivity contribution is 5.73. The Bertz CT molecular complexity index is 450. The first-order chi connectivity index (χ1) is 9.60. The molecule has 0 saturated carbocycles. The normalized spacial score (nSPS) is 20.1. The van der Waals surface area contributed by atoms with Crippen LogP contribution in [0, 0.1) is 11.7 Å². The number of benzene rings is 1. The highest BCUT2D eigenvalue weighted by atomic mass is 19.1. The Hall–Kier alpha value is -1.62. The van der Waals surface area contributed by atoms with Gasteiger partial charge >= 0.3 is 5.97 Å². The van der Waals surface area contributed by atoms with Gasteiger partial charge in [-0.25, -0.2) is 4.39 Å². The minimum Gasteiger partial charge on any atom is -0.480 e. The van der Waals surface area contributed by atoms with Gasteiger partial charge in [-0.05, 0) is 49.6 Å². The van der Waals surface area contributed by atoms with Crippen molar-refractivity contribution in [1.29, 1.82) is 0 Å². The Balaban J connectivity index is 1.91. The van der Waals surface area contributed by atoms with Gasteiger partial charge in [0.1, 0.15) is 11.9 Å². The van der Waals surface area contributed by atoms with E-state index in [-0.39, 0.29) is 5.82 Å². The molecule has 0 radical (unpaired) electrons. The van der Waals surface area contributed by atoms with E-state index in [2.05, 4.69) is 10.2 Å². The number of carboxylic acids is 1. The molecule has 0 aromatic heterocycles. The summed E-state index contributed by atoms with van der Waals surface area (Å²) in [4.78, 5) is 13.3. The molecule has 0 amide bonds. The Kier molecular flexibility index (Phi) is 4.95. The number of likely N-dealkylation sites (N-methyl/N-ethyl adjacent to an activating group) is 1. The fourth-order valence-electron chi connectivity index (χ4n) is 2.76. The van der Waals surface area contributed by atoms with E-state index in [0.717, 1.165) is 25.2 Å². The standard InChI is InChI=1S/C15H21FN2O2/c1-2-17-14(15(19)20)9-11-7-8-18(10-11)13-5-3-12(16)4-6-13/h3-6,11,14,17H,2,7-10H2,1H3,(H,19,20). The molecule has 1 fully saturated rings. The van der Waals surface area contributed by atoms with E-state index < -0.39 is 12.0 Å². The van der Waals surface area contributed by atoms with E-state index >= 15 is 0 Å². The van der Waals surface area contributed by atoms with E-state index in [4.69, 9.17) is 5.11 Å². The van der Waals surface area contributed by atoms with Crippen molar-refractivity contribution in [2.45, 2.75) is 25.8 Å². The highest BCUT2D eigenvalue weighted by Crippen LogP contribution is 2.26. The fourth-order valence-corrected chi connectivity index (χ4v) is 2.76. The highest BCUT2D eigenvalue weighted by Gasteiger charge is 2.27. The van der Waals surface area contributed by atoms with Crippen LogP contribution in [-0.2, 0) is 4.79 Å². The molecule has 20 heavy (non-hydrogen) atoms. The topological polar surface area (TPSA) is 52.6 Å². The first-order valence-corrected chi connectivity index (χ1v) is 7.07. The van der Waals surface area contributed by atoms with Gasteiger partial charge in [0, 0.05) is 18.8 Å². The summed E-state index contributed by atoms with van der Waals surface area (Å²) in [5, 5.41) is 12.2. The van der Waals surface area contributed by atoms with Crippen LogP contribution in [0.4, 0.5) is 10.1 Å². The predicted octanol–water partition coefficient (Wildman–Crippen LogP) is 2.10. The van der Waals surface area contributed by atoms with Crippen LogP contribution in [0.15, 0.2) is 24.3 Å². The van der Waals surface area contributed by atoms with E-state index in [9.17, 15) is 9.18 Å². The van der Waals surface area contributed by atoms with Gasteiger partial charge in [0.15, 0.2) is 0 Å². The van der Waals surface area contributed by atoms with E-state index in [0.29, 0.717) is 18.9 Å². The van der Waals surface area contributed by atoms with Crippen LogP contribution in [0.5, 0.6) is 0 Å². The number of hydrogen-bond donors (Lipinski definition) is 2. The summed E-state index contributed by atoms with van der Waals surface area (Å²) in [5.41, 5.74) is 1.00. The zero-order valence-electron chi connectivity index (χ0n) is 11.7. The summed E-state index contributed by atoms with van der Waals surface area (Å²) < 4.78 is 12.9. The lowest BCUT2D eigenvalue weighted by molar-refractivity contribution is -0.139. The first kappa shape index (κ1) is 14.8. The van der Waals surface area contributed by atoms with Gasteiger partial charge in [0.25, 0.3) is 0 Å². The molecule has 1 aromatic rings. The maximum absolute atomic E-state index is 12.9. The lowest BCUT2D eigenvalue weighted by Gasteiger charge is -2.20. The number of nitrogens with one attached hydrogen (secondary N) is 1. The molecule has 2 unspecified atom stereocenters. The second kappa shape index (κ2) is 6.70. The number of anilines is 1. The van der Waals surface area contributed by atoms with Crippen LogP contribution in [0.2, 0.25) is 0 Å². The monoisotopic (exact) mass is 280 g/mol. The molecule has 1 aliphatic rings. The molecular weight excluding hydrogens is 259 g/mol. The smallest absolute Gasteiger partial charge is 0.320 e. The quantitative estimate of drug-likeness (QED) is 0.838. The van der Waals surface area contributed by atoms with Crippen LogP contribution in [0.25, 0.3) is 0 Å². The fraction of sp³-hybridized carbons (Fsp3) is 0.533. The summed E-state index contributed by atoms with van der Waals surface area (Å²) in [6, 6.07) is 5.99. The third kappa shape index (κ3) is 3.70. The van der Waals surface area contributed by atoms with Crippen molar-refractivity contribution in [3.8, 4) is 0 Å². The van der Waals surface area contributed by atoms with Crippen LogP contribution >= 0.6 is 0 Å². The summed E-state index contributed by atoms with van der Waals surface area (Å²) in [6.07, 6.45) is 1.62. The number of rotatable bonds is 6. The maximum atomic E-state index is 12.9. The molecule has 1 aliphatic heterocycles. The van der Waals surface area contributed by atoms with Crippen LogP contribution in [-0.4, -0.2) is 36.8 Å². The number of hydrogen-bond acceptors (Lipinski definition) is 3. The second-order valence-corrected chi connectivity index (χ2v) is 5.26. The number of aliphatic carboxylic acids is 1. The molecular formula is C15H21FN2O2. The third-order valence-corrected chi connectivity index (χ3v) is 3.80. The number of carbonyl (C=O) groups is 1. The summed E-state index contributed by atoms with van der Waals surface area (Å²) in [7, 11) is 0. The second-order valence-electron chi connectivity index (χ2n) is 5.26. The van der Waals surface area contributed by atoms with Crippen molar-refractivity contribution in [3.63, 3.8) is 0 Å². The molecule has 1 saturated heterocycles. The summed E-state index contributed by atoms with van der Waals surface area (Å²) >= 11 is 0. The van der Waals surface area contributed by atoms with Crippen LogP contribution in [0.1, 0.15) is 19.8 Å². The SMILES string of the molecule is CCNC(CC1CCN(c2ccc(F)cc2)C1)C(=O)O. The zero-order valence-corrected chi connectivity index (χ0v) is 11.7. The van der Waals surface area contributed by atoms with Crippen molar-refractivity contribution >= 4 is 11.7 Å². The molecule has 2 atom stereocenters. The first-order valence-electron chi connectivity index (χ1n) is 7.07. The number of halogens is 1. The van der Waals surface area contributed by atoms with Gasteiger partial charge in [-0.2, -0.15) is 0 Å². The van der Waals surface area contributed by atoms with E-state index in [1.54, 1.807) is 12.1 Å². The largest absolute Gasteiger partial charge is 0.480 e. The molecule has 5 heteroatoms. The number of carboxylic acid groups (broad SMARTS) is 1. The van der Waals surface area contributed by atoms with Crippen LogP contribution in [0.3, 0.4) is 0 Å². The van der Waals surface area contributed by atoms with Gasteiger partial charge in [0.2, 0.25) is 0 Å². The molecule has 0 aliphatic carbocycles. The maximum Gasteiger partial charge on any atom is 0.320 e. The molecule has 110 valence electrons. The van der Waals surface area contributed by atoms with Gasteiger partial charge in [-0.15, -0.1) is 0 Å². The van der Waals surface area contributed by atoms with Gasteiger partial charge in [0.05, 0.1) is 0 Å². The Labute approximate surface area is 118 Å². The average Bonchev–Trinajstić information content (AvgIpc) is 2.87. The van der Waals surface area contributed by atoms with E-state index in [1.165, 1.54) is 12.1 Å². The Morgan fingerprint density at radius 2 is 2.20 bits per heavy atom. The van der Waals surface area contributed by atoms with Gasteiger partial charge < -0.3 is 15.3 Å². The lowest BCUT2D eigenvalue weighted by Crippen LogP contribution is -2.38. The molecule has 1 heterocycles. The molecule has 0 spiro atoms. The van der Waals surface area contributed by atoms with Gasteiger partial charge in [-0.3, -0.25) is 4.79 Å².